The molecule has 0 spiro atoms. The molecule has 0 radical (unpaired) electrons. The second kappa shape index (κ2) is 16.3. The Morgan fingerprint density at radius 1 is 0.718 bits per heavy atom. The number of carbonyl (C=O) groups excluding carboxylic acids is 1. The third kappa shape index (κ3) is 10.5. The Balaban J connectivity index is 0.00000760. The number of ether oxygens (including phenoxy) is 6. The zero-order valence-corrected chi connectivity index (χ0v) is 21.8. The Bertz CT molecular complexity index is 1000. The number of hydrogen-bond acceptors (Lipinski definition) is 7. The molecule has 0 aliphatic carbocycles. The van der Waals surface area contributed by atoms with Crippen LogP contribution in [0.5, 0.6) is 17.2 Å². The molecular weight excluding hydrogens is 552 g/mol. The van der Waals surface area contributed by atoms with Crippen LogP contribution >= 0.6 is 8.58 Å². The van der Waals surface area contributed by atoms with Crippen molar-refractivity contribution in [1.82, 2.24) is 0 Å². The number of rotatable bonds is 15. The van der Waals surface area contributed by atoms with Crippen LogP contribution in [0.15, 0.2) is 30.3 Å². The minimum absolute atomic E-state index is 0. The fraction of sp³-hybridized carbons (Fsp3) is 0.458. The SMILES string of the molecule is COCCOc1cc(OCCOC)c(PC(=O)c2c(C(F)(F)F)cccc2C(F)(F)F)c(OCCOC)c1.[LiH]. The Hall–Kier alpha value is -2.00. The summed E-state index contributed by atoms with van der Waals surface area (Å²) in [5.41, 5.74) is -6.25. The van der Waals surface area contributed by atoms with Crippen LogP contribution in [0.2, 0.25) is 0 Å². The van der Waals surface area contributed by atoms with Gasteiger partial charge in [-0.2, -0.15) is 26.3 Å². The molecule has 7 nitrogen and oxygen atoms in total. The Kier molecular flexibility index (Phi) is 14.6. The molecule has 0 fully saturated rings. The van der Waals surface area contributed by atoms with Crippen LogP contribution in [0.1, 0.15) is 21.5 Å². The van der Waals surface area contributed by atoms with Gasteiger partial charge in [-0.05, 0) is 20.7 Å². The third-order valence-electron chi connectivity index (χ3n) is 4.83. The molecule has 0 aliphatic rings. The summed E-state index contributed by atoms with van der Waals surface area (Å²) >= 11 is 0. The van der Waals surface area contributed by atoms with E-state index in [0.717, 1.165) is 0 Å². The van der Waals surface area contributed by atoms with E-state index in [4.69, 9.17) is 28.4 Å². The molecule has 2 rings (SSSR count). The van der Waals surface area contributed by atoms with Crippen LogP contribution in [-0.2, 0) is 26.6 Å². The maximum absolute atomic E-state index is 13.7. The summed E-state index contributed by atoms with van der Waals surface area (Å²) < 4.78 is 114. The van der Waals surface area contributed by atoms with E-state index in [1.165, 1.54) is 33.5 Å². The molecule has 0 bridgehead atoms. The second-order valence-electron chi connectivity index (χ2n) is 7.50. The van der Waals surface area contributed by atoms with Crippen molar-refractivity contribution in [2.45, 2.75) is 12.4 Å². The summed E-state index contributed by atoms with van der Waals surface area (Å²) in [6.07, 6.45) is -10.4. The average molecular weight is 580 g/mol. The summed E-state index contributed by atoms with van der Waals surface area (Å²) in [5, 5.41) is -0.0357. The van der Waals surface area contributed by atoms with Crippen molar-refractivity contribution >= 4 is 38.3 Å². The van der Waals surface area contributed by atoms with Gasteiger partial charge >= 0.3 is 31.2 Å². The summed E-state index contributed by atoms with van der Waals surface area (Å²) in [7, 11) is 3.06. The molecule has 0 aliphatic heterocycles. The van der Waals surface area contributed by atoms with Crippen molar-refractivity contribution in [3.8, 4) is 17.2 Å². The van der Waals surface area contributed by atoms with E-state index in [2.05, 4.69) is 0 Å². The topological polar surface area (TPSA) is 72.5 Å². The molecule has 0 saturated carbocycles. The molecule has 214 valence electrons. The number of halogens is 6. The number of benzene rings is 2. The number of methoxy groups -OCH3 is 3. The quantitative estimate of drug-likeness (QED) is 0.135. The van der Waals surface area contributed by atoms with E-state index in [1.807, 2.05) is 0 Å². The molecular formula is C24H28F6LiO7P. The van der Waals surface area contributed by atoms with Gasteiger partial charge in [0.15, 0.2) is 5.52 Å². The minimum atomic E-state index is -5.20. The molecule has 0 heterocycles. The van der Waals surface area contributed by atoms with Crippen molar-refractivity contribution in [2.24, 2.45) is 0 Å². The molecule has 39 heavy (non-hydrogen) atoms. The van der Waals surface area contributed by atoms with Crippen molar-refractivity contribution in [3.63, 3.8) is 0 Å². The van der Waals surface area contributed by atoms with E-state index < -0.39 is 43.1 Å². The fourth-order valence-electron chi connectivity index (χ4n) is 3.16. The molecule has 2 aromatic carbocycles. The van der Waals surface area contributed by atoms with Gasteiger partial charge in [0, 0.05) is 39.0 Å². The first-order valence-corrected chi connectivity index (χ1v) is 12.1. The predicted molar refractivity (Wildman–Crippen MR) is 134 cm³/mol. The molecule has 2 aromatic rings. The Labute approximate surface area is 235 Å². The zero-order valence-electron chi connectivity index (χ0n) is 20.8. The first-order valence-electron chi connectivity index (χ1n) is 11.1. The molecule has 15 heteroatoms. The number of carbonyl (C=O) groups is 1. The van der Waals surface area contributed by atoms with Gasteiger partial charge in [0.1, 0.15) is 37.1 Å². The standard InChI is InChI=1S/C24H27F6O7P.Li.H/c1-32-7-10-35-15-13-18(36-11-8-33-2)21(19(14-15)37-12-9-34-3)38-22(31)20-16(23(25,26)27)5-4-6-17(20)24(28,29)30;;/h4-6,13-14,38H,7-12H2,1-3H3;;. The summed E-state index contributed by atoms with van der Waals surface area (Å²) in [6.45, 7) is 0.513. The normalized spacial score (nSPS) is 11.9. The van der Waals surface area contributed by atoms with Crippen LogP contribution in [0.25, 0.3) is 0 Å². The van der Waals surface area contributed by atoms with Gasteiger partial charge in [-0.15, -0.1) is 0 Å². The van der Waals surface area contributed by atoms with Gasteiger partial charge in [-0.25, -0.2) is 0 Å². The van der Waals surface area contributed by atoms with Crippen LogP contribution < -0.4 is 19.5 Å². The Morgan fingerprint density at radius 3 is 1.51 bits per heavy atom. The van der Waals surface area contributed by atoms with Crippen molar-refractivity contribution in [3.05, 3.63) is 47.0 Å². The van der Waals surface area contributed by atoms with E-state index >= 15 is 0 Å². The molecule has 1 unspecified atom stereocenters. The molecule has 1 atom stereocenters. The first-order chi connectivity index (χ1) is 17.9. The van der Waals surface area contributed by atoms with Gasteiger partial charge in [-0.3, -0.25) is 4.79 Å². The summed E-state index contributed by atoms with van der Waals surface area (Å²) in [6, 6.07) is 4.21. The van der Waals surface area contributed by atoms with E-state index in [9.17, 15) is 31.1 Å². The van der Waals surface area contributed by atoms with E-state index in [-0.39, 0.29) is 81.1 Å². The van der Waals surface area contributed by atoms with Crippen LogP contribution in [-0.4, -0.2) is 85.4 Å². The van der Waals surface area contributed by atoms with Crippen molar-refractivity contribution < 1.29 is 59.6 Å². The number of hydrogen-bond donors (Lipinski definition) is 0. The number of alkyl halides is 6. The van der Waals surface area contributed by atoms with Gasteiger partial charge in [0.2, 0.25) is 0 Å². The van der Waals surface area contributed by atoms with Gasteiger partial charge < -0.3 is 28.4 Å². The molecule has 0 aromatic heterocycles. The summed E-state index contributed by atoms with van der Waals surface area (Å²) in [5.74, 6) is 0.179. The predicted octanol–water partition coefficient (Wildman–Crippen LogP) is 4.30. The van der Waals surface area contributed by atoms with Gasteiger partial charge in [0.05, 0.1) is 36.3 Å². The molecule has 0 amide bonds. The summed E-state index contributed by atoms with van der Waals surface area (Å²) in [4.78, 5) is 13.2. The van der Waals surface area contributed by atoms with E-state index in [1.54, 1.807) is 0 Å². The third-order valence-corrected chi connectivity index (χ3v) is 6.05. The molecule has 0 N–H and O–H groups in total. The van der Waals surface area contributed by atoms with Gasteiger partial charge in [0.25, 0.3) is 0 Å². The monoisotopic (exact) mass is 580 g/mol. The first kappa shape index (κ1) is 35.0. The second-order valence-corrected chi connectivity index (χ2v) is 8.70. The van der Waals surface area contributed by atoms with Crippen LogP contribution in [0.3, 0.4) is 0 Å². The zero-order chi connectivity index (χ0) is 28.3. The van der Waals surface area contributed by atoms with Gasteiger partial charge in [-0.1, -0.05) is 6.07 Å². The average Bonchev–Trinajstić information content (AvgIpc) is 2.84. The fourth-order valence-corrected chi connectivity index (χ4v) is 4.31. The maximum atomic E-state index is 13.7. The van der Waals surface area contributed by atoms with E-state index in [0.29, 0.717) is 18.2 Å². The van der Waals surface area contributed by atoms with Crippen molar-refractivity contribution in [2.75, 3.05) is 61.0 Å². The van der Waals surface area contributed by atoms with Crippen molar-refractivity contribution in [1.29, 1.82) is 0 Å². The molecule has 0 saturated heterocycles. The van der Waals surface area contributed by atoms with Crippen LogP contribution in [0, 0.1) is 0 Å². The van der Waals surface area contributed by atoms with Crippen LogP contribution in [0.4, 0.5) is 26.3 Å². The Morgan fingerprint density at radius 2 is 1.13 bits per heavy atom.